The minimum Gasteiger partial charge on any atom is -0.354 e. The first kappa shape index (κ1) is 8.64. The highest BCUT2D eigenvalue weighted by atomic mass is 15.4. The largest absolute Gasteiger partial charge is 0.354 e. The SMILES string of the molecule is CC1CCCN1c1ccnc2ncnn12. The van der Waals surface area contributed by atoms with Crippen LogP contribution in [0, 0.1) is 0 Å². The van der Waals surface area contributed by atoms with Crippen LogP contribution in [0.2, 0.25) is 0 Å². The van der Waals surface area contributed by atoms with E-state index < -0.39 is 0 Å². The predicted molar refractivity (Wildman–Crippen MR) is 56.8 cm³/mol. The fraction of sp³-hybridized carbons (Fsp3) is 0.500. The molecule has 0 aromatic carbocycles. The van der Waals surface area contributed by atoms with E-state index in [4.69, 9.17) is 0 Å². The normalized spacial score (nSPS) is 21.4. The van der Waals surface area contributed by atoms with Gasteiger partial charge in [-0.15, -0.1) is 0 Å². The zero-order chi connectivity index (χ0) is 10.3. The van der Waals surface area contributed by atoms with Gasteiger partial charge in [0.05, 0.1) is 0 Å². The second-order valence-corrected chi connectivity index (χ2v) is 3.96. The topological polar surface area (TPSA) is 46.3 Å². The Hall–Kier alpha value is -1.65. The summed E-state index contributed by atoms with van der Waals surface area (Å²) in [7, 11) is 0. The molecule has 5 heteroatoms. The summed E-state index contributed by atoms with van der Waals surface area (Å²) in [6.45, 7) is 3.34. The van der Waals surface area contributed by atoms with Crippen molar-refractivity contribution in [1.29, 1.82) is 0 Å². The third-order valence-corrected chi connectivity index (χ3v) is 3.01. The lowest BCUT2D eigenvalue weighted by molar-refractivity contribution is 0.712. The number of aromatic nitrogens is 4. The molecule has 0 aliphatic carbocycles. The van der Waals surface area contributed by atoms with Crippen molar-refractivity contribution in [1.82, 2.24) is 19.6 Å². The van der Waals surface area contributed by atoms with Crippen LogP contribution >= 0.6 is 0 Å². The molecule has 5 nitrogen and oxygen atoms in total. The number of fused-ring (bicyclic) bond motifs is 1. The minimum absolute atomic E-state index is 0.583. The highest BCUT2D eigenvalue weighted by Gasteiger charge is 2.22. The van der Waals surface area contributed by atoms with E-state index in [0.29, 0.717) is 11.8 Å². The second kappa shape index (κ2) is 3.18. The first-order valence-corrected chi connectivity index (χ1v) is 5.27. The van der Waals surface area contributed by atoms with Gasteiger partial charge < -0.3 is 4.90 Å². The van der Waals surface area contributed by atoms with Crippen LogP contribution in [0.5, 0.6) is 0 Å². The van der Waals surface area contributed by atoms with Gasteiger partial charge in [-0.25, -0.2) is 4.98 Å². The van der Waals surface area contributed by atoms with E-state index in [-0.39, 0.29) is 0 Å². The van der Waals surface area contributed by atoms with E-state index >= 15 is 0 Å². The second-order valence-electron chi connectivity index (χ2n) is 3.96. The molecular weight excluding hydrogens is 190 g/mol. The molecule has 1 saturated heterocycles. The Balaban J connectivity index is 2.13. The van der Waals surface area contributed by atoms with Gasteiger partial charge in [-0.3, -0.25) is 0 Å². The van der Waals surface area contributed by atoms with Crippen LogP contribution < -0.4 is 4.90 Å². The van der Waals surface area contributed by atoms with Gasteiger partial charge in [0, 0.05) is 18.8 Å². The van der Waals surface area contributed by atoms with E-state index in [1.807, 2.05) is 10.6 Å². The Bertz CT molecular complexity index is 477. The molecule has 1 aliphatic heterocycles. The van der Waals surface area contributed by atoms with Crippen molar-refractivity contribution in [2.24, 2.45) is 0 Å². The number of rotatable bonds is 1. The Morgan fingerprint density at radius 2 is 2.33 bits per heavy atom. The molecule has 0 radical (unpaired) electrons. The summed E-state index contributed by atoms with van der Waals surface area (Å²) in [5.41, 5.74) is 0. The van der Waals surface area contributed by atoms with Crippen molar-refractivity contribution in [3.05, 3.63) is 18.6 Å². The van der Waals surface area contributed by atoms with Crippen LogP contribution in [0.25, 0.3) is 5.78 Å². The maximum atomic E-state index is 4.20. The third-order valence-electron chi connectivity index (χ3n) is 3.01. The van der Waals surface area contributed by atoms with Crippen molar-refractivity contribution in [3.63, 3.8) is 0 Å². The van der Waals surface area contributed by atoms with Crippen LogP contribution in [0.1, 0.15) is 19.8 Å². The minimum atomic E-state index is 0.583. The van der Waals surface area contributed by atoms with Crippen molar-refractivity contribution in [2.45, 2.75) is 25.8 Å². The summed E-state index contributed by atoms with van der Waals surface area (Å²) in [4.78, 5) is 10.6. The van der Waals surface area contributed by atoms with Gasteiger partial charge in [-0.05, 0) is 25.8 Å². The summed E-state index contributed by atoms with van der Waals surface area (Å²) in [5, 5.41) is 4.20. The third kappa shape index (κ3) is 1.26. The molecule has 0 bridgehead atoms. The molecule has 0 saturated carbocycles. The Kier molecular flexibility index (Phi) is 1.83. The van der Waals surface area contributed by atoms with Crippen molar-refractivity contribution in [3.8, 4) is 0 Å². The molecule has 3 heterocycles. The van der Waals surface area contributed by atoms with Gasteiger partial charge in [0.25, 0.3) is 5.78 Å². The zero-order valence-corrected chi connectivity index (χ0v) is 8.67. The van der Waals surface area contributed by atoms with E-state index in [1.165, 1.54) is 12.8 Å². The van der Waals surface area contributed by atoms with Gasteiger partial charge in [-0.2, -0.15) is 14.6 Å². The lowest BCUT2D eigenvalue weighted by Gasteiger charge is -2.23. The fourth-order valence-electron chi connectivity index (χ4n) is 2.22. The summed E-state index contributed by atoms with van der Waals surface area (Å²) < 4.78 is 1.81. The number of hydrogen-bond acceptors (Lipinski definition) is 4. The number of nitrogens with zero attached hydrogens (tertiary/aromatic N) is 5. The fourth-order valence-corrected chi connectivity index (χ4v) is 2.22. The first-order chi connectivity index (χ1) is 7.36. The lowest BCUT2D eigenvalue weighted by atomic mass is 10.2. The molecular formula is C10H13N5. The van der Waals surface area contributed by atoms with Crippen molar-refractivity contribution >= 4 is 11.6 Å². The standard InChI is InChI=1S/C10H13N5/c1-8-3-2-6-14(8)9-4-5-11-10-12-7-13-15(9)10/h4-5,7-8H,2-3,6H2,1H3. The van der Waals surface area contributed by atoms with Gasteiger partial charge in [0.2, 0.25) is 0 Å². The molecule has 3 rings (SSSR count). The molecule has 1 aliphatic rings. The summed E-state index contributed by atoms with van der Waals surface area (Å²) >= 11 is 0. The van der Waals surface area contributed by atoms with Gasteiger partial charge in [0.1, 0.15) is 12.1 Å². The van der Waals surface area contributed by atoms with E-state index in [0.717, 1.165) is 12.4 Å². The molecule has 15 heavy (non-hydrogen) atoms. The lowest BCUT2D eigenvalue weighted by Crippen LogP contribution is -2.28. The maximum absolute atomic E-state index is 4.20. The molecule has 2 aromatic heterocycles. The van der Waals surface area contributed by atoms with E-state index in [2.05, 4.69) is 26.9 Å². The maximum Gasteiger partial charge on any atom is 0.254 e. The monoisotopic (exact) mass is 203 g/mol. The predicted octanol–water partition coefficient (Wildman–Crippen LogP) is 1.11. The number of hydrogen-bond donors (Lipinski definition) is 0. The summed E-state index contributed by atoms with van der Waals surface area (Å²) in [6.07, 6.45) is 5.84. The van der Waals surface area contributed by atoms with Gasteiger partial charge in [0.15, 0.2) is 0 Å². The molecule has 0 spiro atoms. The Morgan fingerprint density at radius 3 is 3.13 bits per heavy atom. The summed E-state index contributed by atoms with van der Waals surface area (Å²) in [6, 6.07) is 2.59. The highest BCUT2D eigenvalue weighted by molar-refractivity contribution is 5.46. The van der Waals surface area contributed by atoms with Crippen LogP contribution in [0.15, 0.2) is 18.6 Å². The highest BCUT2D eigenvalue weighted by Crippen LogP contribution is 2.24. The van der Waals surface area contributed by atoms with Crippen LogP contribution in [0.4, 0.5) is 5.82 Å². The number of anilines is 1. The zero-order valence-electron chi connectivity index (χ0n) is 8.67. The van der Waals surface area contributed by atoms with Crippen LogP contribution in [0.3, 0.4) is 0 Å². The Morgan fingerprint density at radius 1 is 1.40 bits per heavy atom. The average Bonchev–Trinajstić information content (AvgIpc) is 2.85. The molecule has 2 aromatic rings. The molecule has 1 unspecified atom stereocenters. The van der Waals surface area contributed by atoms with Crippen molar-refractivity contribution in [2.75, 3.05) is 11.4 Å². The molecule has 1 atom stereocenters. The smallest absolute Gasteiger partial charge is 0.254 e. The molecule has 78 valence electrons. The Labute approximate surface area is 87.8 Å². The molecule has 0 N–H and O–H groups in total. The van der Waals surface area contributed by atoms with Crippen LogP contribution in [-0.4, -0.2) is 32.2 Å². The first-order valence-electron chi connectivity index (χ1n) is 5.27. The van der Waals surface area contributed by atoms with Gasteiger partial charge >= 0.3 is 0 Å². The van der Waals surface area contributed by atoms with E-state index in [1.54, 1.807) is 12.5 Å². The summed E-state index contributed by atoms with van der Waals surface area (Å²) in [5.74, 6) is 1.77. The quantitative estimate of drug-likeness (QED) is 0.696. The van der Waals surface area contributed by atoms with Gasteiger partial charge in [-0.1, -0.05) is 0 Å². The average molecular weight is 203 g/mol. The molecule has 0 amide bonds. The van der Waals surface area contributed by atoms with Crippen LogP contribution in [-0.2, 0) is 0 Å². The molecule has 1 fully saturated rings. The van der Waals surface area contributed by atoms with Crippen molar-refractivity contribution < 1.29 is 0 Å². The van der Waals surface area contributed by atoms with E-state index in [9.17, 15) is 0 Å².